The van der Waals surface area contributed by atoms with Gasteiger partial charge in [-0.15, -0.1) is 0 Å². The molecular formula is C14H16N4O2S. The number of rotatable bonds is 5. The molecule has 1 aromatic heterocycles. The molecule has 0 aliphatic rings. The highest BCUT2D eigenvalue weighted by Crippen LogP contribution is 2.33. The van der Waals surface area contributed by atoms with Crippen LogP contribution < -0.4 is 5.32 Å². The van der Waals surface area contributed by atoms with E-state index in [0.717, 1.165) is 5.56 Å². The van der Waals surface area contributed by atoms with Crippen LogP contribution in [-0.4, -0.2) is 21.9 Å². The van der Waals surface area contributed by atoms with Crippen molar-refractivity contribution in [3.63, 3.8) is 0 Å². The predicted molar refractivity (Wildman–Crippen MR) is 83.7 cm³/mol. The van der Waals surface area contributed by atoms with E-state index < -0.39 is 4.92 Å². The monoisotopic (exact) mass is 304 g/mol. The third-order valence-corrected chi connectivity index (χ3v) is 3.91. The number of nitro groups is 1. The fourth-order valence-electron chi connectivity index (χ4n) is 2.12. The van der Waals surface area contributed by atoms with E-state index in [1.165, 1.54) is 29.2 Å². The second-order valence-corrected chi connectivity index (χ2v) is 5.63. The van der Waals surface area contributed by atoms with Crippen molar-refractivity contribution >= 4 is 23.3 Å². The second-order valence-electron chi connectivity index (χ2n) is 4.67. The summed E-state index contributed by atoms with van der Waals surface area (Å²) in [7, 11) is 1.60. The number of benzene rings is 1. The normalized spacial score (nSPS) is 10.4. The van der Waals surface area contributed by atoms with E-state index in [1.54, 1.807) is 7.05 Å². The smallest absolute Gasteiger partial charge is 0.343 e. The number of aromatic nitrogens is 2. The Kier molecular flexibility index (Phi) is 4.74. The number of thioether (sulfide) groups is 1. The van der Waals surface area contributed by atoms with E-state index in [0.29, 0.717) is 10.8 Å². The molecule has 0 bridgehead atoms. The fraction of sp³-hybridized carbons (Fsp3) is 0.286. The van der Waals surface area contributed by atoms with Crippen LogP contribution in [0.1, 0.15) is 16.7 Å². The van der Waals surface area contributed by atoms with Crippen molar-refractivity contribution in [2.45, 2.75) is 24.6 Å². The zero-order valence-electron chi connectivity index (χ0n) is 12.1. The molecule has 0 fully saturated rings. The maximum Gasteiger partial charge on any atom is 0.343 e. The summed E-state index contributed by atoms with van der Waals surface area (Å²) in [6.45, 7) is 4.07. The standard InChI is InChI=1S/C14H16N4O2S/c1-9-4-10(2)6-11(5-9)7-21-14-12(18(19)20)13(15-3)16-8-17-14/h4-6,8H,7H2,1-3H3,(H,15,16,17). The summed E-state index contributed by atoms with van der Waals surface area (Å²) < 4.78 is 0. The average molecular weight is 304 g/mol. The third-order valence-electron chi connectivity index (χ3n) is 2.87. The Balaban J connectivity index is 2.25. The van der Waals surface area contributed by atoms with Gasteiger partial charge in [0.05, 0.1) is 4.92 Å². The van der Waals surface area contributed by atoms with Gasteiger partial charge in [0.2, 0.25) is 5.82 Å². The van der Waals surface area contributed by atoms with Crippen LogP contribution in [0, 0.1) is 24.0 Å². The summed E-state index contributed by atoms with van der Waals surface area (Å²) in [5.74, 6) is 0.863. The number of anilines is 1. The average Bonchev–Trinajstić information content (AvgIpc) is 2.43. The lowest BCUT2D eigenvalue weighted by Gasteiger charge is -2.07. The lowest BCUT2D eigenvalue weighted by Crippen LogP contribution is -2.02. The van der Waals surface area contributed by atoms with Crippen LogP contribution in [0.5, 0.6) is 0 Å². The molecule has 0 radical (unpaired) electrons. The molecule has 2 aromatic rings. The summed E-state index contributed by atoms with van der Waals surface area (Å²) in [5, 5.41) is 14.3. The first-order chi connectivity index (χ1) is 10.0. The summed E-state index contributed by atoms with van der Waals surface area (Å²) >= 11 is 1.34. The van der Waals surface area contributed by atoms with Crippen molar-refractivity contribution in [2.75, 3.05) is 12.4 Å². The Morgan fingerprint density at radius 1 is 1.24 bits per heavy atom. The highest BCUT2D eigenvalue weighted by Gasteiger charge is 2.22. The summed E-state index contributed by atoms with van der Waals surface area (Å²) in [6, 6.07) is 6.25. The Morgan fingerprint density at radius 3 is 2.48 bits per heavy atom. The van der Waals surface area contributed by atoms with E-state index in [-0.39, 0.29) is 11.5 Å². The Morgan fingerprint density at radius 2 is 1.90 bits per heavy atom. The highest BCUT2D eigenvalue weighted by molar-refractivity contribution is 7.98. The maximum atomic E-state index is 11.2. The second kappa shape index (κ2) is 6.53. The van der Waals surface area contributed by atoms with E-state index >= 15 is 0 Å². The quantitative estimate of drug-likeness (QED) is 0.395. The lowest BCUT2D eigenvalue weighted by molar-refractivity contribution is -0.387. The van der Waals surface area contributed by atoms with Crippen LogP contribution in [0.15, 0.2) is 29.6 Å². The van der Waals surface area contributed by atoms with Crippen molar-refractivity contribution in [2.24, 2.45) is 0 Å². The topological polar surface area (TPSA) is 81.0 Å². The van der Waals surface area contributed by atoms with E-state index in [4.69, 9.17) is 0 Å². The molecule has 0 saturated carbocycles. The van der Waals surface area contributed by atoms with Gasteiger partial charge < -0.3 is 5.32 Å². The summed E-state index contributed by atoms with van der Waals surface area (Å²) in [4.78, 5) is 18.7. The van der Waals surface area contributed by atoms with Gasteiger partial charge in [-0.25, -0.2) is 9.97 Å². The maximum absolute atomic E-state index is 11.2. The van der Waals surface area contributed by atoms with Crippen molar-refractivity contribution < 1.29 is 4.92 Å². The van der Waals surface area contributed by atoms with E-state index in [1.807, 2.05) is 13.8 Å². The van der Waals surface area contributed by atoms with Crippen molar-refractivity contribution in [1.29, 1.82) is 0 Å². The van der Waals surface area contributed by atoms with E-state index in [9.17, 15) is 10.1 Å². The third kappa shape index (κ3) is 3.69. The summed E-state index contributed by atoms with van der Waals surface area (Å²) in [5.41, 5.74) is 3.41. The number of hydrogen-bond donors (Lipinski definition) is 1. The van der Waals surface area contributed by atoms with Crippen LogP contribution in [0.4, 0.5) is 11.5 Å². The molecule has 0 atom stereocenters. The Bertz CT molecular complexity index is 656. The predicted octanol–water partition coefficient (Wildman–Crippen LogP) is 3.34. The fourth-order valence-corrected chi connectivity index (χ4v) is 3.02. The largest absolute Gasteiger partial charge is 0.367 e. The van der Waals surface area contributed by atoms with Gasteiger partial charge in [-0.05, 0) is 19.4 Å². The Hall–Kier alpha value is -2.15. The molecule has 110 valence electrons. The minimum atomic E-state index is -0.449. The van der Waals surface area contributed by atoms with Crippen LogP contribution in [0.3, 0.4) is 0 Å². The zero-order chi connectivity index (χ0) is 15.4. The van der Waals surface area contributed by atoms with Gasteiger partial charge >= 0.3 is 5.69 Å². The molecule has 0 amide bonds. The van der Waals surface area contributed by atoms with Gasteiger partial charge in [-0.1, -0.05) is 41.1 Å². The number of nitrogens with zero attached hydrogens (tertiary/aromatic N) is 3. The Labute approximate surface area is 127 Å². The van der Waals surface area contributed by atoms with Crippen molar-refractivity contribution in [3.8, 4) is 0 Å². The molecule has 1 aromatic carbocycles. The number of nitrogens with one attached hydrogen (secondary N) is 1. The molecule has 0 aliphatic carbocycles. The number of aryl methyl sites for hydroxylation is 2. The molecule has 1 heterocycles. The molecule has 0 aliphatic heterocycles. The number of hydrogen-bond acceptors (Lipinski definition) is 6. The van der Waals surface area contributed by atoms with Crippen molar-refractivity contribution in [1.82, 2.24) is 9.97 Å². The van der Waals surface area contributed by atoms with Crippen LogP contribution in [-0.2, 0) is 5.75 Å². The van der Waals surface area contributed by atoms with Crippen molar-refractivity contribution in [3.05, 3.63) is 51.3 Å². The molecule has 0 unspecified atom stereocenters. The lowest BCUT2D eigenvalue weighted by atomic mass is 10.1. The molecule has 7 heteroatoms. The van der Waals surface area contributed by atoms with Crippen LogP contribution in [0.25, 0.3) is 0 Å². The molecule has 2 rings (SSSR count). The minimum Gasteiger partial charge on any atom is -0.367 e. The van der Waals surface area contributed by atoms with Gasteiger partial charge in [0, 0.05) is 12.8 Å². The van der Waals surface area contributed by atoms with E-state index in [2.05, 4.69) is 33.5 Å². The molecule has 0 spiro atoms. The first-order valence-corrected chi connectivity index (χ1v) is 7.37. The van der Waals surface area contributed by atoms with Gasteiger partial charge in [-0.3, -0.25) is 10.1 Å². The molecular weight excluding hydrogens is 288 g/mol. The molecule has 0 saturated heterocycles. The molecule has 6 nitrogen and oxygen atoms in total. The van der Waals surface area contributed by atoms with Gasteiger partial charge in [0.25, 0.3) is 0 Å². The molecule has 1 N–H and O–H groups in total. The summed E-state index contributed by atoms with van der Waals surface area (Å²) in [6.07, 6.45) is 1.34. The highest BCUT2D eigenvalue weighted by atomic mass is 32.2. The molecule has 21 heavy (non-hydrogen) atoms. The van der Waals surface area contributed by atoms with Crippen LogP contribution in [0.2, 0.25) is 0 Å². The SMILES string of the molecule is CNc1ncnc(SCc2cc(C)cc(C)c2)c1[N+](=O)[O-]. The first-order valence-electron chi connectivity index (χ1n) is 6.38. The van der Waals surface area contributed by atoms with Gasteiger partial charge in [0.15, 0.2) is 5.03 Å². The zero-order valence-corrected chi connectivity index (χ0v) is 12.9. The van der Waals surface area contributed by atoms with Gasteiger partial charge in [-0.2, -0.15) is 0 Å². The first kappa shape index (κ1) is 15.2. The van der Waals surface area contributed by atoms with Crippen LogP contribution >= 0.6 is 11.8 Å². The van der Waals surface area contributed by atoms with Gasteiger partial charge in [0.1, 0.15) is 6.33 Å². The minimum absolute atomic E-state index is 0.0747.